The average molecular weight is 370 g/mol. The number of aromatic nitrogens is 1. The Hall–Kier alpha value is -1.15. The van der Waals surface area contributed by atoms with Gasteiger partial charge in [-0.15, -0.1) is 11.3 Å². The van der Waals surface area contributed by atoms with Gasteiger partial charge in [-0.25, -0.2) is 4.98 Å². The molecule has 1 atom stereocenters. The van der Waals surface area contributed by atoms with Crippen LogP contribution in [0, 0.1) is 0 Å². The normalized spacial score (nSPS) is 12.9. The van der Waals surface area contributed by atoms with E-state index in [1.807, 2.05) is 0 Å². The molecule has 0 aliphatic heterocycles. The molecule has 124 valence electrons. The van der Waals surface area contributed by atoms with Crippen LogP contribution < -0.4 is 0 Å². The van der Waals surface area contributed by atoms with E-state index in [0.717, 1.165) is 9.86 Å². The Morgan fingerprint density at radius 1 is 1.26 bits per heavy atom. The molecule has 0 aliphatic carbocycles. The standard InChI is InChI=1S/C12H9NS2.C4H10O3S/c1-14-12-13-11-9-5-3-2-4-8(9)6-7-10(11)15-12;1-3-4(2)8(5,6)7/h2-7H,1H3;4H,3H2,1-2H3,(H,5,6,7). The number of benzene rings is 2. The van der Waals surface area contributed by atoms with Gasteiger partial charge < -0.3 is 0 Å². The fraction of sp³-hybridized carbons (Fsp3) is 0.312. The molecule has 3 aromatic rings. The summed E-state index contributed by atoms with van der Waals surface area (Å²) in [6, 6.07) is 12.7. The van der Waals surface area contributed by atoms with E-state index in [-0.39, 0.29) is 0 Å². The van der Waals surface area contributed by atoms with Crippen molar-refractivity contribution in [3.05, 3.63) is 36.4 Å². The average Bonchev–Trinajstić information content (AvgIpc) is 2.97. The van der Waals surface area contributed by atoms with Gasteiger partial charge in [0.05, 0.1) is 15.5 Å². The first kappa shape index (κ1) is 18.2. The number of hydrogen-bond acceptors (Lipinski definition) is 5. The van der Waals surface area contributed by atoms with Gasteiger partial charge in [-0.05, 0) is 31.1 Å². The minimum Gasteiger partial charge on any atom is -0.285 e. The lowest BCUT2D eigenvalue weighted by Crippen LogP contribution is -2.14. The third kappa shape index (κ3) is 4.44. The van der Waals surface area contributed by atoms with E-state index in [2.05, 4.69) is 47.6 Å². The summed E-state index contributed by atoms with van der Waals surface area (Å²) in [5, 5.41) is 1.90. The van der Waals surface area contributed by atoms with Crippen LogP contribution in [-0.2, 0) is 10.1 Å². The highest BCUT2D eigenvalue weighted by Crippen LogP contribution is 2.32. The van der Waals surface area contributed by atoms with Crippen LogP contribution >= 0.6 is 23.1 Å². The van der Waals surface area contributed by atoms with Crippen molar-refractivity contribution in [2.24, 2.45) is 0 Å². The van der Waals surface area contributed by atoms with Crippen LogP contribution in [0.5, 0.6) is 0 Å². The van der Waals surface area contributed by atoms with E-state index in [0.29, 0.717) is 6.42 Å². The number of thiazole rings is 1. The van der Waals surface area contributed by atoms with Gasteiger partial charge in [0.25, 0.3) is 10.1 Å². The first-order valence-electron chi connectivity index (χ1n) is 7.15. The number of thioether (sulfide) groups is 1. The van der Waals surface area contributed by atoms with Crippen molar-refractivity contribution in [3.8, 4) is 0 Å². The molecule has 3 rings (SSSR count). The maximum Gasteiger partial charge on any atom is 0.267 e. The quantitative estimate of drug-likeness (QED) is 0.528. The second kappa shape index (κ2) is 7.61. The summed E-state index contributed by atoms with van der Waals surface area (Å²) in [6.45, 7) is 3.17. The summed E-state index contributed by atoms with van der Waals surface area (Å²) < 4.78 is 30.9. The zero-order chi connectivity index (χ0) is 17.0. The highest BCUT2D eigenvalue weighted by Gasteiger charge is 2.13. The molecule has 0 saturated heterocycles. The summed E-state index contributed by atoms with van der Waals surface area (Å²) >= 11 is 3.47. The first-order chi connectivity index (χ1) is 10.9. The summed E-state index contributed by atoms with van der Waals surface area (Å²) in [5.41, 5.74) is 1.14. The lowest BCUT2D eigenvalue weighted by atomic mass is 10.1. The fourth-order valence-electron chi connectivity index (χ4n) is 1.94. The second-order valence-corrected chi connectivity index (χ2v) is 8.97. The second-order valence-electron chi connectivity index (χ2n) is 5.05. The highest BCUT2D eigenvalue weighted by molar-refractivity contribution is 8.00. The van der Waals surface area contributed by atoms with Crippen molar-refractivity contribution in [1.29, 1.82) is 0 Å². The number of nitrogens with zero attached hydrogens (tertiary/aromatic N) is 1. The Morgan fingerprint density at radius 2 is 1.96 bits per heavy atom. The molecule has 0 radical (unpaired) electrons. The lowest BCUT2D eigenvalue weighted by molar-refractivity contribution is 0.468. The molecule has 4 nitrogen and oxygen atoms in total. The van der Waals surface area contributed by atoms with Gasteiger partial charge in [-0.3, -0.25) is 4.55 Å². The van der Waals surface area contributed by atoms with E-state index in [1.165, 1.54) is 22.4 Å². The number of hydrogen-bond donors (Lipinski definition) is 1. The molecule has 23 heavy (non-hydrogen) atoms. The molecule has 1 aromatic heterocycles. The molecule has 0 bridgehead atoms. The Morgan fingerprint density at radius 3 is 2.52 bits per heavy atom. The van der Waals surface area contributed by atoms with Gasteiger partial charge >= 0.3 is 0 Å². The Kier molecular flexibility index (Phi) is 6.02. The van der Waals surface area contributed by atoms with Gasteiger partial charge in [0.1, 0.15) is 0 Å². The van der Waals surface area contributed by atoms with Crippen LogP contribution in [-0.4, -0.2) is 29.5 Å². The number of rotatable bonds is 3. The van der Waals surface area contributed by atoms with Crippen molar-refractivity contribution in [2.75, 3.05) is 6.26 Å². The first-order valence-corrected chi connectivity index (χ1v) is 10.7. The minimum absolute atomic E-state index is 0.457. The van der Waals surface area contributed by atoms with E-state index in [1.54, 1.807) is 30.0 Å². The van der Waals surface area contributed by atoms with Gasteiger partial charge in [0.2, 0.25) is 0 Å². The topological polar surface area (TPSA) is 67.3 Å². The summed E-state index contributed by atoms with van der Waals surface area (Å²) in [5.74, 6) is 0. The van der Waals surface area contributed by atoms with Crippen LogP contribution in [0.3, 0.4) is 0 Å². The molecule has 0 saturated carbocycles. The molecule has 0 spiro atoms. The zero-order valence-electron chi connectivity index (χ0n) is 13.2. The summed E-state index contributed by atoms with van der Waals surface area (Å²) in [4.78, 5) is 4.64. The monoisotopic (exact) mass is 369 g/mol. The third-order valence-corrected chi connectivity index (χ3v) is 6.88. The van der Waals surface area contributed by atoms with E-state index < -0.39 is 15.4 Å². The predicted octanol–water partition coefficient (Wildman–Crippen LogP) is 4.84. The lowest BCUT2D eigenvalue weighted by Gasteiger charge is -2.00. The smallest absolute Gasteiger partial charge is 0.267 e. The molecule has 1 N–H and O–H groups in total. The van der Waals surface area contributed by atoms with Crippen LogP contribution in [0.1, 0.15) is 20.3 Å². The van der Waals surface area contributed by atoms with Crippen molar-refractivity contribution in [1.82, 2.24) is 4.98 Å². The van der Waals surface area contributed by atoms with E-state index >= 15 is 0 Å². The van der Waals surface area contributed by atoms with Crippen LogP contribution in [0.25, 0.3) is 21.0 Å². The minimum atomic E-state index is -3.75. The maximum atomic E-state index is 10.1. The predicted molar refractivity (Wildman–Crippen MR) is 100 cm³/mol. The van der Waals surface area contributed by atoms with Crippen LogP contribution in [0.4, 0.5) is 0 Å². The van der Waals surface area contributed by atoms with Crippen LogP contribution in [0.2, 0.25) is 0 Å². The SMILES string of the molecule is CCC(C)S(=O)(=O)O.CSc1nc2c(ccc3ccccc32)s1. The third-order valence-electron chi connectivity index (χ3n) is 3.52. The largest absolute Gasteiger partial charge is 0.285 e. The molecule has 0 fully saturated rings. The van der Waals surface area contributed by atoms with Crippen molar-refractivity contribution < 1.29 is 13.0 Å². The van der Waals surface area contributed by atoms with Crippen molar-refractivity contribution >= 4 is 54.2 Å². The molecule has 2 aromatic carbocycles. The molecule has 1 heterocycles. The van der Waals surface area contributed by atoms with Gasteiger partial charge in [-0.1, -0.05) is 49.0 Å². The maximum absolute atomic E-state index is 10.1. The van der Waals surface area contributed by atoms with Crippen LogP contribution in [0.15, 0.2) is 40.7 Å². The Balaban J connectivity index is 0.000000207. The van der Waals surface area contributed by atoms with Gasteiger partial charge in [0.15, 0.2) is 4.34 Å². The Labute approximate surface area is 144 Å². The summed E-state index contributed by atoms with van der Waals surface area (Å²) in [7, 11) is -3.75. The molecule has 7 heteroatoms. The molecule has 0 amide bonds. The summed E-state index contributed by atoms with van der Waals surface area (Å²) in [6.07, 6.45) is 2.53. The number of fused-ring (bicyclic) bond motifs is 3. The highest BCUT2D eigenvalue weighted by atomic mass is 32.2. The van der Waals surface area contributed by atoms with Gasteiger partial charge in [-0.2, -0.15) is 8.42 Å². The van der Waals surface area contributed by atoms with Crippen molar-refractivity contribution in [3.63, 3.8) is 0 Å². The Bertz CT molecular complexity index is 903. The van der Waals surface area contributed by atoms with Gasteiger partial charge in [0, 0.05) is 5.39 Å². The molecule has 0 aliphatic rings. The van der Waals surface area contributed by atoms with Crippen molar-refractivity contribution in [2.45, 2.75) is 29.9 Å². The van der Waals surface area contributed by atoms with E-state index in [4.69, 9.17) is 4.55 Å². The zero-order valence-corrected chi connectivity index (χ0v) is 15.6. The molecule has 1 unspecified atom stereocenters. The van der Waals surface area contributed by atoms with E-state index in [9.17, 15) is 8.42 Å². The molecular weight excluding hydrogens is 350 g/mol. The molecular formula is C16H19NO3S3. The fourth-order valence-corrected chi connectivity index (χ4v) is 3.86.